The second-order valence-electron chi connectivity index (χ2n) is 5.91. The number of hydrogen-bond acceptors (Lipinski definition) is 3. The van der Waals surface area contributed by atoms with E-state index in [4.69, 9.17) is 0 Å². The van der Waals surface area contributed by atoms with Gasteiger partial charge in [-0.05, 0) is 38.5 Å². The van der Waals surface area contributed by atoms with Crippen molar-refractivity contribution in [1.82, 2.24) is 15.1 Å². The number of hydrogen-bond donors (Lipinski definition) is 1. The first-order chi connectivity index (χ1) is 9.34. The minimum Gasteiger partial charge on any atom is -0.317 e. The van der Waals surface area contributed by atoms with Crippen LogP contribution in [0.2, 0.25) is 0 Å². The lowest BCUT2D eigenvalue weighted by Crippen LogP contribution is -2.53. The van der Waals surface area contributed by atoms with Gasteiger partial charge in [0.25, 0.3) is 0 Å². The Kier molecular flexibility index (Phi) is 4.16. The molecule has 1 aromatic carbocycles. The third-order valence-electron chi connectivity index (χ3n) is 4.59. The van der Waals surface area contributed by atoms with Crippen molar-refractivity contribution in [2.75, 3.05) is 39.8 Å². The maximum atomic E-state index is 3.48. The SMILES string of the molecule is CN1CCN(C2CCNCC2)[C@@H](c2ccccc2)C1. The number of likely N-dealkylation sites (N-methyl/N-ethyl adjacent to an activating group) is 1. The van der Waals surface area contributed by atoms with E-state index in [1.165, 1.54) is 44.6 Å². The Balaban J connectivity index is 1.79. The van der Waals surface area contributed by atoms with Crippen molar-refractivity contribution in [1.29, 1.82) is 0 Å². The Morgan fingerprint density at radius 1 is 1.05 bits per heavy atom. The van der Waals surface area contributed by atoms with Crippen molar-refractivity contribution >= 4 is 0 Å². The van der Waals surface area contributed by atoms with Gasteiger partial charge >= 0.3 is 0 Å². The minimum absolute atomic E-state index is 0.572. The van der Waals surface area contributed by atoms with Crippen molar-refractivity contribution in [3.8, 4) is 0 Å². The van der Waals surface area contributed by atoms with Crippen LogP contribution in [-0.2, 0) is 0 Å². The highest BCUT2D eigenvalue weighted by Crippen LogP contribution is 2.29. The van der Waals surface area contributed by atoms with Crippen LogP contribution in [0, 0.1) is 0 Å². The normalized spacial score (nSPS) is 27.5. The first-order valence-corrected chi connectivity index (χ1v) is 7.54. The van der Waals surface area contributed by atoms with E-state index in [2.05, 4.69) is 52.5 Å². The third kappa shape index (κ3) is 2.99. The molecule has 3 rings (SSSR count). The summed E-state index contributed by atoms with van der Waals surface area (Å²) in [5, 5.41) is 3.48. The van der Waals surface area contributed by atoms with Crippen LogP contribution >= 0.6 is 0 Å². The molecule has 2 heterocycles. The average Bonchev–Trinajstić information content (AvgIpc) is 2.49. The van der Waals surface area contributed by atoms with Crippen LogP contribution in [0.4, 0.5) is 0 Å². The molecule has 0 unspecified atom stereocenters. The highest BCUT2D eigenvalue weighted by molar-refractivity contribution is 5.20. The van der Waals surface area contributed by atoms with Crippen molar-refractivity contribution in [2.45, 2.75) is 24.9 Å². The van der Waals surface area contributed by atoms with Crippen molar-refractivity contribution < 1.29 is 0 Å². The van der Waals surface area contributed by atoms with Crippen LogP contribution in [-0.4, -0.2) is 55.6 Å². The highest BCUT2D eigenvalue weighted by Gasteiger charge is 2.32. The standard InChI is InChI=1S/C16H25N3/c1-18-11-12-19(15-7-9-17-10-8-15)16(13-18)14-5-3-2-4-6-14/h2-6,15-17H,7-13H2,1H3/t16-/m1/s1. The van der Waals surface area contributed by atoms with Gasteiger partial charge in [0.15, 0.2) is 0 Å². The zero-order valence-electron chi connectivity index (χ0n) is 11.9. The zero-order valence-corrected chi connectivity index (χ0v) is 11.9. The molecule has 0 amide bonds. The lowest BCUT2D eigenvalue weighted by molar-refractivity contribution is 0.0391. The lowest BCUT2D eigenvalue weighted by Gasteiger charge is -2.45. The number of piperazine rings is 1. The van der Waals surface area contributed by atoms with Gasteiger partial charge in [-0.1, -0.05) is 30.3 Å². The zero-order chi connectivity index (χ0) is 13.1. The maximum Gasteiger partial charge on any atom is 0.0478 e. The van der Waals surface area contributed by atoms with E-state index in [9.17, 15) is 0 Å². The molecule has 1 N–H and O–H groups in total. The first kappa shape index (κ1) is 13.1. The summed E-state index contributed by atoms with van der Waals surface area (Å²) in [5.74, 6) is 0. The molecule has 0 saturated carbocycles. The van der Waals surface area contributed by atoms with Crippen LogP contribution in [0.5, 0.6) is 0 Å². The lowest BCUT2D eigenvalue weighted by atomic mass is 9.96. The number of benzene rings is 1. The largest absolute Gasteiger partial charge is 0.317 e. The molecule has 3 heteroatoms. The molecule has 0 bridgehead atoms. The molecular weight excluding hydrogens is 234 g/mol. The molecule has 0 aliphatic carbocycles. The summed E-state index contributed by atoms with van der Waals surface area (Å²) < 4.78 is 0. The molecule has 0 aromatic heterocycles. The van der Waals surface area contributed by atoms with Crippen LogP contribution in [0.3, 0.4) is 0 Å². The molecule has 3 nitrogen and oxygen atoms in total. The molecule has 104 valence electrons. The van der Waals surface area contributed by atoms with Crippen LogP contribution in [0.15, 0.2) is 30.3 Å². The van der Waals surface area contributed by atoms with Gasteiger partial charge in [0, 0.05) is 31.7 Å². The van der Waals surface area contributed by atoms with Crippen molar-refractivity contribution in [3.63, 3.8) is 0 Å². The van der Waals surface area contributed by atoms with E-state index >= 15 is 0 Å². The highest BCUT2D eigenvalue weighted by atomic mass is 15.3. The van der Waals surface area contributed by atoms with Crippen LogP contribution < -0.4 is 5.32 Å². The minimum atomic E-state index is 0.572. The van der Waals surface area contributed by atoms with E-state index in [1.807, 2.05) is 0 Å². The second kappa shape index (κ2) is 6.04. The van der Waals surface area contributed by atoms with Crippen molar-refractivity contribution in [2.24, 2.45) is 0 Å². The molecular formula is C16H25N3. The Morgan fingerprint density at radius 3 is 2.53 bits per heavy atom. The van der Waals surface area contributed by atoms with Gasteiger partial charge < -0.3 is 10.2 Å². The summed E-state index contributed by atoms with van der Waals surface area (Å²) in [5.41, 5.74) is 1.48. The van der Waals surface area contributed by atoms with E-state index in [-0.39, 0.29) is 0 Å². The Morgan fingerprint density at radius 2 is 1.79 bits per heavy atom. The number of nitrogens with one attached hydrogen (secondary N) is 1. The van der Waals surface area contributed by atoms with E-state index in [0.29, 0.717) is 6.04 Å². The molecule has 2 fully saturated rings. The van der Waals surface area contributed by atoms with E-state index in [0.717, 1.165) is 12.6 Å². The molecule has 2 saturated heterocycles. The third-order valence-corrected chi connectivity index (χ3v) is 4.59. The molecule has 2 aliphatic heterocycles. The Hall–Kier alpha value is -0.900. The van der Waals surface area contributed by atoms with Gasteiger partial charge in [0.2, 0.25) is 0 Å². The number of piperidine rings is 1. The fourth-order valence-electron chi connectivity index (χ4n) is 3.48. The first-order valence-electron chi connectivity index (χ1n) is 7.54. The van der Waals surface area contributed by atoms with Gasteiger partial charge in [0.1, 0.15) is 0 Å². The molecule has 1 atom stereocenters. The topological polar surface area (TPSA) is 18.5 Å². The quantitative estimate of drug-likeness (QED) is 0.872. The summed E-state index contributed by atoms with van der Waals surface area (Å²) in [6.45, 7) is 5.93. The molecule has 2 aliphatic rings. The van der Waals surface area contributed by atoms with E-state index < -0.39 is 0 Å². The van der Waals surface area contributed by atoms with Crippen molar-refractivity contribution in [3.05, 3.63) is 35.9 Å². The molecule has 0 radical (unpaired) electrons. The summed E-state index contributed by atoms with van der Waals surface area (Å²) in [6.07, 6.45) is 2.60. The molecule has 1 aromatic rings. The van der Waals surface area contributed by atoms with Gasteiger partial charge in [-0.15, -0.1) is 0 Å². The average molecular weight is 259 g/mol. The Labute approximate surface area is 116 Å². The number of rotatable bonds is 2. The van der Waals surface area contributed by atoms with Gasteiger partial charge in [-0.25, -0.2) is 0 Å². The van der Waals surface area contributed by atoms with Gasteiger partial charge in [0.05, 0.1) is 0 Å². The predicted octanol–water partition coefficient (Wildman–Crippen LogP) is 1.73. The summed E-state index contributed by atoms with van der Waals surface area (Å²) in [4.78, 5) is 5.23. The summed E-state index contributed by atoms with van der Waals surface area (Å²) in [6, 6.07) is 12.4. The predicted molar refractivity (Wildman–Crippen MR) is 79.3 cm³/mol. The second-order valence-corrected chi connectivity index (χ2v) is 5.91. The summed E-state index contributed by atoms with van der Waals surface area (Å²) >= 11 is 0. The van der Waals surface area contributed by atoms with Crippen LogP contribution in [0.25, 0.3) is 0 Å². The molecule has 0 spiro atoms. The fraction of sp³-hybridized carbons (Fsp3) is 0.625. The van der Waals surface area contributed by atoms with E-state index in [1.54, 1.807) is 0 Å². The fourth-order valence-corrected chi connectivity index (χ4v) is 3.48. The monoisotopic (exact) mass is 259 g/mol. The summed E-state index contributed by atoms with van der Waals surface area (Å²) in [7, 11) is 2.25. The van der Waals surface area contributed by atoms with Gasteiger partial charge in [-0.2, -0.15) is 0 Å². The molecule has 19 heavy (non-hydrogen) atoms. The van der Waals surface area contributed by atoms with Gasteiger partial charge in [-0.3, -0.25) is 4.90 Å². The Bertz CT molecular complexity index is 386. The number of nitrogens with zero attached hydrogens (tertiary/aromatic N) is 2. The van der Waals surface area contributed by atoms with Crippen LogP contribution in [0.1, 0.15) is 24.4 Å². The smallest absolute Gasteiger partial charge is 0.0478 e. The maximum absolute atomic E-state index is 3.48.